The van der Waals surface area contributed by atoms with E-state index in [0.717, 1.165) is 23.3 Å². The van der Waals surface area contributed by atoms with E-state index in [2.05, 4.69) is 5.32 Å². The van der Waals surface area contributed by atoms with Gasteiger partial charge in [0.2, 0.25) is 5.91 Å². The summed E-state index contributed by atoms with van der Waals surface area (Å²) in [6, 6.07) is 22.8. The summed E-state index contributed by atoms with van der Waals surface area (Å²) in [5.41, 5.74) is 0.865. The van der Waals surface area contributed by atoms with Crippen LogP contribution in [0, 0.1) is 0 Å². The Kier molecular flexibility index (Phi) is 7.31. The highest BCUT2D eigenvalue weighted by Crippen LogP contribution is 2.30. The number of aliphatic hydroxyl groups is 1. The zero-order valence-corrected chi connectivity index (χ0v) is 16.5. The summed E-state index contributed by atoms with van der Waals surface area (Å²) in [5, 5.41) is 12.9. The van der Waals surface area contributed by atoms with Crippen molar-refractivity contribution in [3.8, 4) is 5.75 Å². The van der Waals surface area contributed by atoms with Gasteiger partial charge in [0.25, 0.3) is 0 Å². The second-order valence-electron chi connectivity index (χ2n) is 6.99. The van der Waals surface area contributed by atoms with Gasteiger partial charge in [0, 0.05) is 6.54 Å². The molecule has 4 nitrogen and oxygen atoms in total. The van der Waals surface area contributed by atoms with Crippen molar-refractivity contribution in [1.82, 2.24) is 5.32 Å². The summed E-state index contributed by atoms with van der Waals surface area (Å²) in [5.74, 6) is -0.610. The zero-order chi connectivity index (χ0) is 22.3. The summed E-state index contributed by atoms with van der Waals surface area (Å²) in [4.78, 5) is 12.9. The fraction of sp³-hybridized carbons (Fsp3) is 0.208. The molecular weight excluding hydrogens is 407 g/mol. The molecule has 7 heteroatoms. The number of halogens is 3. The number of hydrogen-bond acceptors (Lipinski definition) is 3. The monoisotopic (exact) mass is 429 g/mol. The molecule has 0 aliphatic rings. The van der Waals surface area contributed by atoms with Gasteiger partial charge >= 0.3 is 6.18 Å². The second-order valence-corrected chi connectivity index (χ2v) is 6.99. The number of aliphatic hydroxyl groups excluding tert-OH is 1. The number of alkyl halides is 3. The first-order chi connectivity index (χ1) is 14.8. The van der Waals surface area contributed by atoms with Crippen molar-refractivity contribution in [3.63, 3.8) is 0 Å². The molecule has 0 bridgehead atoms. The van der Waals surface area contributed by atoms with E-state index in [-0.39, 0.29) is 24.8 Å². The highest BCUT2D eigenvalue weighted by Gasteiger charge is 2.30. The quantitative estimate of drug-likeness (QED) is 0.558. The Balaban J connectivity index is 1.57. The van der Waals surface area contributed by atoms with E-state index in [1.807, 2.05) is 60.7 Å². The normalized spacial score (nSPS) is 12.4. The minimum absolute atomic E-state index is 0.0599. The van der Waals surface area contributed by atoms with Crippen LogP contribution < -0.4 is 10.1 Å². The molecule has 0 fully saturated rings. The first kappa shape index (κ1) is 22.4. The SMILES string of the molecule is O=C(NCC(O)COc1ccc(C(F)(F)F)cc1)C(c1ccccc1)c1ccccc1. The van der Waals surface area contributed by atoms with Crippen molar-refractivity contribution < 1.29 is 27.8 Å². The molecule has 0 saturated heterocycles. The minimum Gasteiger partial charge on any atom is -0.491 e. The van der Waals surface area contributed by atoms with Gasteiger partial charge < -0.3 is 15.2 Å². The molecule has 31 heavy (non-hydrogen) atoms. The Morgan fingerprint density at radius 2 is 1.39 bits per heavy atom. The summed E-state index contributed by atoms with van der Waals surface area (Å²) in [6.45, 7) is -0.234. The van der Waals surface area contributed by atoms with Gasteiger partial charge in [0.15, 0.2) is 0 Å². The Labute approximate surface area is 178 Å². The van der Waals surface area contributed by atoms with Crippen molar-refractivity contribution in [1.29, 1.82) is 0 Å². The number of amides is 1. The van der Waals surface area contributed by atoms with E-state index in [1.165, 1.54) is 12.1 Å². The molecule has 1 unspecified atom stereocenters. The van der Waals surface area contributed by atoms with Gasteiger partial charge in [-0.15, -0.1) is 0 Å². The maximum atomic E-state index is 12.9. The lowest BCUT2D eigenvalue weighted by Crippen LogP contribution is -2.38. The van der Waals surface area contributed by atoms with Gasteiger partial charge in [0.1, 0.15) is 18.5 Å². The predicted octanol–water partition coefficient (Wildman–Crippen LogP) is 4.39. The lowest BCUT2D eigenvalue weighted by molar-refractivity contribution is -0.137. The molecule has 0 spiro atoms. The number of ether oxygens (including phenoxy) is 1. The van der Waals surface area contributed by atoms with Crippen LogP contribution in [0.5, 0.6) is 5.75 Å². The van der Waals surface area contributed by atoms with E-state index >= 15 is 0 Å². The van der Waals surface area contributed by atoms with Gasteiger partial charge in [-0.1, -0.05) is 60.7 Å². The second kappa shape index (κ2) is 10.1. The van der Waals surface area contributed by atoms with Gasteiger partial charge in [-0.3, -0.25) is 4.79 Å². The molecule has 0 heterocycles. The lowest BCUT2D eigenvalue weighted by atomic mass is 9.90. The van der Waals surface area contributed by atoms with Crippen LogP contribution >= 0.6 is 0 Å². The Morgan fingerprint density at radius 1 is 0.871 bits per heavy atom. The van der Waals surface area contributed by atoms with Crippen molar-refractivity contribution in [3.05, 3.63) is 102 Å². The van der Waals surface area contributed by atoms with Crippen molar-refractivity contribution in [2.24, 2.45) is 0 Å². The maximum Gasteiger partial charge on any atom is 0.416 e. The molecule has 3 aromatic carbocycles. The molecule has 0 aromatic heterocycles. The van der Waals surface area contributed by atoms with E-state index in [0.29, 0.717) is 0 Å². The summed E-state index contributed by atoms with van der Waals surface area (Å²) >= 11 is 0. The maximum absolute atomic E-state index is 12.9. The van der Waals surface area contributed by atoms with Crippen LogP contribution in [0.15, 0.2) is 84.9 Å². The molecule has 0 aliphatic carbocycles. The molecule has 0 aliphatic heterocycles. The Bertz CT molecular complexity index is 921. The largest absolute Gasteiger partial charge is 0.491 e. The molecular formula is C24H22F3NO3. The third-order valence-corrected chi connectivity index (χ3v) is 4.66. The van der Waals surface area contributed by atoms with Crippen LogP contribution in [0.25, 0.3) is 0 Å². The van der Waals surface area contributed by atoms with E-state index in [9.17, 15) is 23.1 Å². The smallest absolute Gasteiger partial charge is 0.416 e. The number of carbonyl (C=O) groups excluding carboxylic acids is 1. The Morgan fingerprint density at radius 3 is 1.87 bits per heavy atom. The number of carbonyl (C=O) groups is 1. The minimum atomic E-state index is -4.42. The van der Waals surface area contributed by atoms with Gasteiger partial charge in [-0.2, -0.15) is 13.2 Å². The van der Waals surface area contributed by atoms with Gasteiger partial charge in [-0.05, 0) is 35.4 Å². The summed E-state index contributed by atoms with van der Waals surface area (Å²) < 4.78 is 43.1. The number of nitrogens with one attached hydrogen (secondary N) is 1. The molecule has 0 radical (unpaired) electrons. The number of rotatable bonds is 8. The van der Waals surface area contributed by atoms with Crippen LogP contribution in [0.2, 0.25) is 0 Å². The third-order valence-electron chi connectivity index (χ3n) is 4.66. The third kappa shape index (κ3) is 6.33. The fourth-order valence-electron chi connectivity index (χ4n) is 3.10. The number of benzene rings is 3. The molecule has 0 saturated carbocycles. The van der Waals surface area contributed by atoms with E-state index in [1.54, 1.807) is 0 Å². The van der Waals surface area contributed by atoms with Crippen molar-refractivity contribution in [2.45, 2.75) is 18.2 Å². The molecule has 2 N–H and O–H groups in total. The standard InChI is InChI=1S/C24H22F3NO3/c25-24(26,27)19-11-13-21(14-12-19)31-16-20(29)15-28-23(30)22(17-7-3-1-4-8-17)18-9-5-2-6-10-18/h1-14,20,22,29H,15-16H2,(H,28,30). The highest BCUT2D eigenvalue weighted by atomic mass is 19.4. The number of hydrogen-bond donors (Lipinski definition) is 2. The van der Waals surface area contributed by atoms with Crippen LogP contribution in [0.4, 0.5) is 13.2 Å². The first-order valence-electron chi connectivity index (χ1n) is 9.70. The Hall–Kier alpha value is -3.32. The van der Waals surface area contributed by atoms with Crippen LogP contribution in [-0.4, -0.2) is 30.3 Å². The zero-order valence-electron chi connectivity index (χ0n) is 16.5. The average molecular weight is 429 g/mol. The predicted molar refractivity (Wildman–Crippen MR) is 111 cm³/mol. The van der Waals surface area contributed by atoms with Crippen LogP contribution in [-0.2, 0) is 11.0 Å². The van der Waals surface area contributed by atoms with E-state index in [4.69, 9.17) is 4.74 Å². The molecule has 1 atom stereocenters. The summed E-state index contributed by atoms with van der Waals surface area (Å²) in [6.07, 6.45) is -5.45. The lowest BCUT2D eigenvalue weighted by Gasteiger charge is -2.19. The summed E-state index contributed by atoms with van der Waals surface area (Å²) in [7, 11) is 0. The van der Waals surface area contributed by atoms with Crippen molar-refractivity contribution in [2.75, 3.05) is 13.2 Å². The molecule has 1 amide bonds. The molecule has 3 rings (SSSR count). The van der Waals surface area contributed by atoms with Gasteiger partial charge in [0.05, 0.1) is 11.5 Å². The molecule has 162 valence electrons. The van der Waals surface area contributed by atoms with E-state index < -0.39 is 23.8 Å². The topological polar surface area (TPSA) is 58.6 Å². The van der Waals surface area contributed by atoms with Crippen LogP contribution in [0.1, 0.15) is 22.6 Å². The molecule has 3 aromatic rings. The fourth-order valence-corrected chi connectivity index (χ4v) is 3.10. The highest BCUT2D eigenvalue weighted by molar-refractivity contribution is 5.87. The first-order valence-corrected chi connectivity index (χ1v) is 9.70. The van der Waals surface area contributed by atoms with Crippen molar-refractivity contribution >= 4 is 5.91 Å². The van der Waals surface area contributed by atoms with Gasteiger partial charge in [-0.25, -0.2) is 0 Å². The average Bonchev–Trinajstić information content (AvgIpc) is 2.77. The van der Waals surface area contributed by atoms with Crippen LogP contribution in [0.3, 0.4) is 0 Å².